The first-order valence-corrected chi connectivity index (χ1v) is 9.80. The van der Waals surface area contributed by atoms with Crippen molar-refractivity contribution in [3.05, 3.63) is 16.2 Å². The van der Waals surface area contributed by atoms with E-state index < -0.39 is 4.92 Å². The van der Waals surface area contributed by atoms with Crippen molar-refractivity contribution < 1.29 is 19.1 Å². The van der Waals surface area contributed by atoms with Crippen LogP contribution in [0.5, 0.6) is 0 Å². The van der Waals surface area contributed by atoms with Crippen molar-refractivity contribution in [2.45, 2.75) is 49.2 Å². The summed E-state index contributed by atoms with van der Waals surface area (Å²) in [5, 5.41) is 19.9. The fraction of sp³-hybridized carbons (Fsp3) is 0.588. The predicted molar refractivity (Wildman–Crippen MR) is 101 cm³/mol. The highest BCUT2D eigenvalue weighted by Crippen LogP contribution is 2.43. The van der Waals surface area contributed by atoms with Crippen LogP contribution < -0.4 is 4.90 Å². The standard InChI is InChI=1S/C17H22N4O5S/c1-11(22)25-9-8-20(2)13-10-14(27-12-6-4-3-5-7-12)15-16(19-26-18-15)17(13)21(23)24/h10,12H,3-9H2,1-2H3. The van der Waals surface area contributed by atoms with Gasteiger partial charge in [0.15, 0.2) is 5.52 Å². The Morgan fingerprint density at radius 1 is 1.37 bits per heavy atom. The van der Waals surface area contributed by atoms with Gasteiger partial charge in [0.25, 0.3) is 0 Å². The molecule has 0 unspecified atom stereocenters. The molecule has 0 bridgehead atoms. The third kappa shape index (κ3) is 4.49. The van der Waals surface area contributed by atoms with Crippen LogP contribution in [0.15, 0.2) is 15.6 Å². The number of nitrogens with zero attached hydrogens (tertiary/aromatic N) is 4. The van der Waals surface area contributed by atoms with Crippen molar-refractivity contribution in [3.8, 4) is 0 Å². The van der Waals surface area contributed by atoms with E-state index in [1.165, 1.54) is 26.2 Å². The molecule has 27 heavy (non-hydrogen) atoms. The molecule has 1 aromatic heterocycles. The predicted octanol–water partition coefficient (Wildman–Crippen LogP) is 3.56. The van der Waals surface area contributed by atoms with E-state index >= 15 is 0 Å². The number of aromatic nitrogens is 2. The van der Waals surface area contributed by atoms with Gasteiger partial charge in [-0.15, -0.1) is 11.8 Å². The van der Waals surface area contributed by atoms with Gasteiger partial charge in [-0.05, 0) is 29.2 Å². The highest BCUT2D eigenvalue weighted by atomic mass is 32.2. The quantitative estimate of drug-likeness (QED) is 0.395. The van der Waals surface area contributed by atoms with Crippen molar-refractivity contribution in [1.29, 1.82) is 0 Å². The van der Waals surface area contributed by atoms with Gasteiger partial charge in [-0.25, -0.2) is 4.63 Å². The third-order valence-electron chi connectivity index (χ3n) is 4.63. The molecule has 1 heterocycles. The number of thioether (sulfide) groups is 1. The lowest BCUT2D eigenvalue weighted by Gasteiger charge is -2.23. The lowest BCUT2D eigenvalue weighted by atomic mass is 10.0. The molecule has 0 aliphatic heterocycles. The van der Waals surface area contributed by atoms with Crippen LogP contribution in [0.25, 0.3) is 11.0 Å². The molecule has 1 saturated carbocycles. The maximum Gasteiger partial charge on any atom is 0.323 e. The number of hydrogen-bond acceptors (Lipinski definition) is 9. The van der Waals surface area contributed by atoms with E-state index in [9.17, 15) is 14.9 Å². The van der Waals surface area contributed by atoms with E-state index in [1.54, 1.807) is 29.8 Å². The van der Waals surface area contributed by atoms with Crippen LogP contribution in [0.3, 0.4) is 0 Å². The highest BCUT2D eigenvalue weighted by Gasteiger charge is 2.29. The topological polar surface area (TPSA) is 112 Å². The number of ether oxygens (including phenoxy) is 1. The minimum atomic E-state index is -0.473. The third-order valence-corrected chi connectivity index (χ3v) is 6.00. The number of hydrogen-bond donors (Lipinski definition) is 0. The second-order valence-corrected chi connectivity index (χ2v) is 7.94. The van der Waals surface area contributed by atoms with Crippen LogP contribution in [-0.4, -0.2) is 46.7 Å². The van der Waals surface area contributed by atoms with Gasteiger partial charge in [0.1, 0.15) is 12.3 Å². The summed E-state index contributed by atoms with van der Waals surface area (Å²) in [5.74, 6) is -0.386. The zero-order valence-corrected chi connectivity index (χ0v) is 16.2. The minimum absolute atomic E-state index is 0.142. The molecule has 0 amide bonds. The zero-order chi connectivity index (χ0) is 19.4. The number of fused-ring (bicyclic) bond motifs is 1. The molecular weight excluding hydrogens is 372 g/mol. The molecule has 2 aromatic rings. The van der Waals surface area contributed by atoms with Crippen molar-refractivity contribution in [2.24, 2.45) is 0 Å². The summed E-state index contributed by atoms with van der Waals surface area (Å²) in [6.07, 6.45) is 5.88. The second-order valence-electron chi connectivity index (χ2n) is 6.60. The molecule has 0 spiro atoms. The smallest absolute Gasteiger partial charge is 0.323 e. The van der Waals surface area contributed by atoms with Gasteiger partial charge in [0, 0.05) is 24.1 Å². The van der Waals surface area contributed by atoms with Crippen molar-refractivity contribution in [2.75, 3.05) is 25.1 Å². The van der Waals surface area contributed by atoms with Crippen LogP contribution in [-0.2, 0) is 9.53 Å². The van der Waals surface area contributed by atoms with Crippen molar-refractivity contribution in [1.82, 2.24) is 10.3 Å². The van der Waals surface area contributed by atoms with Gasteiger partial charge < -0.3 is 9.64 Å². The van der Waals surface area contributed by atoms with Gasteiger partial charge in [-0.2, -0.15) is 0 Å². The number of nitro groups is 1. The number of likely N-dealkylation sites (N-methyl/N-ethyl adjacent to an activating group) is 1. The van der Waals surface area contributed by atoms with Gasteiger partial charge in [0.2, 0.25) is 5.52 Å². The lowest BCUT2D eigenvalue weighted by molar-refractivity contribution is -0.382. The van der Waals surface area contributed by atoms with E-state index in [1.807, 2.05) is 0 Å². The number of esters is 1. The number of carbonyl (C=O) groups is 1. The first-order valence-electron chi connectivity index (χ1n) is 8.92. The molecule has 1 aliphatic rings. The molecule has 3 rings (SSSR count). The maximum atomic E-state index is 11.7. The Balaban J connectivity index is 1.95. The van der Waals surface area contributed by atoms with E-state index in [2.05, 4.69) is 10.3 Å². The largest absolute Gasteiger partial charge is 0.464 e. The van der Waals surface area contributed by atoms with Crippen LogP contribution in [0, 0.1) is 10.1 Å². The molecule has 10 heteroatoms. The molecule has 0 atom stereocenters. The minimum Gasteiger partial charge on any atom is -0.464 e. The summed E-state index contributed by atoms with van der Waals surface area (Å²) in [5.41, 5.74) is 0.836. The first kappa shape index (κ1) is 19.4. The highest BCUT2D eigenvalue weighted by molar-refractivity contribution is 8.00. The SMILES string of the molecule is CC(=O)OCCN(C)c1cc(SC2CCCCC2)c2nonc2c1[N+](=O)[O-]. The van der Waals surface area contributed by atoms with Gasteiger partial charge >= 0.3 is 11.7 Å². The van der Waals surface area contributed by atoms with Gasteiger partial charge in [-0.1, -0.05) is 19.3 Å². The van der Waals surface area contributed by atoms with Gasteiger partial charge in [0.05, 0.1) is 11.5 Å². The molecule has 1 aromatic carbocycles. The van der Waals surface area contributed by atoms with Crippen LogP contribution in [0.4, 0.5) is 11.4 Å². The van der Waals surface area contributed by atoms with Gasteiger partial charge in [-0.3, -0.25) is 14.9 Å². The molecular formula is C17H22N4O5S. The molecule has 0 radical (unpaired) electrons. The average molecular weight is 394 g/mol. The van der Waals surface area contributed by atoms with E-state index in [-0.39, 0.29) is 23.8 Å². The fourth-order valence-corrected chi connectivity index (χ4v) is 4.61. The number of nitro benzene ring substituents is 1. The summed E-state index contributed by atoms with van der Waals surface area (Å²) in [6.45, 7) is 1.79. The fourth-order valence-electron chi connectivity index (χ4n) is 3.26. The molecule has 146 valence electrons. The number of benzene rings is 1. The maximum absolute atomic E-state index is 11.7. The van der Waals surface area contributed by atoms with E-state index in [0.717, 1.165) is 17.7 Å². The summed E-state index contributed by atoms with van der Waals surface area (Å²) >= 11 is 1.68. The number of rotatable bonds is 7. The average Bonchev–Trinajstić information content (AvgIpc) is 3.11. The first-order chi connectivity index (χ1) is 13.0. The van der Waals surface area contributed by atoms with E-state index in [0.29, 0.717) is 23.0 Å². The van der Waals surface area contributed by atoms with Crippen LogP contribution in [0.2, 0.25) is 0 Å². The summed E-state index contributed by atoms with van der Waals surface area (Å²) < 4.78 is 9.78. The molecule has 1 fully saturated rings. The second kappa shape index (κ2) is 8.55. The Hall–Kier alpha value is -2.36. The van der Waals surface area contributed by atoms with Crippen molar-refractivity contribution in [3.63, 3.8) is 0 Å². The molecule has 0 saturated heterocycles. The Morgan fingerprint density at radius 2 is 2.07 bits per heavy atom. The molecule has 0 N–H and O–H groups in total. The van der Waals surface area contributed by atoms with Crippen molar-refractivity contribution >= 4 is 40.1 Å². The summed E-state index contributed by atoms with van der Waals surface area (Å²) in [7, 11) is 1.72. The normalized spacial score (nSPS) is 15.0. The Labute approximate surface area is 160 Å². The summed E-state index contributed by atoms with van der Waals surface area (Å²) in [6, 6.07) is 1.78. The van der Waals surface area contributed by atoms with Crippen LogP contribution >= 0.6 is 11.8 Å². The Morgan fingerprint density at radius 3 is 2.74 bits per heavy atom. The Kier molecular flexibility index (Phi) is 6.15. The van der Waals surface area contributed by atoms with E-state index in [4.69, 9.17) is 9.37 Å². The molecule has 1 aliphatic carbocycles. The van der Waals surface area contributed by atoms with Crippen LogP contribution in [0.1, 0.15) is 39.0 Å². The number of anilines is 1. The molecule has 9 nitrogen and oxygen atoms in total. The monoisotopic (exact) mass is 394 g/mol. The summed E-state index contributed by atoms with van der Waals surface area (Å²) in [4.78, 5) is 24.7. The lowest BCUT2D eigenvalue weighted by Crippen LogP contribution is -2.24. The Bertz CT molecular complexity index is 834. The zero-order valence-electron chi connectivity index (χ0n) is 15.3. The number of carbonyl (C=O) groups excluding carboxylic acids is 1.